The lowest BCUT2D eigenvalue weighted by Gasteiger charge is -2.47. The van der Waals surface area contributed by atoms with Gasteiger partial charge in [-0.1, -0.05) is 19.8 Å². The summed E-state index contributed by atoms with van der Waals surface area (Å²) in [5, 5.41) is 10.0. The van der Waals surface area contributed by atoms with Gasteiger partial charge in [0.25, 0.3) is 0 Å². The molecule has 190 valence electrons. The normalized spacial score (nSPS) is 34.6. The molecule has 0 aromatic heterocycles. The maximum Gasteiger partial charge on any atom is 0.229 e. The predicted octanol–water partition coefficient (Wildman–Crippen LogP) is -1.16. The second-order valence-electron chi connectivity index (χ2n) is 10.3. The number of rotatable bonds is 7. The number of amides is 1. The number of carbonyl (C=O) groups is 1. The van der Waals surface area contributed by atoms with E-state index in [1.54, 1.807) is 0 Å². The number of piperazine rings is 1. The van der Waals surface area contributed by atoms with E-state index in [1.807, 2.05) is 0 Å². The first kappa shape index (κ1) is 25.2. The first-order chi connectivity index (χ1) is 16.0. The number of piperidine rings is 1. The zero-order chi connectivity index (χ0) is 23.4. The van der Waals surface area contributed by atoms with Gasteiger partial charge in [-0.25, -0.2) is 4.39 Å². The number of hydrogen-bond acceptors (Lipinski definition) is 8. The highest BCUT2D eigenvalue weighted by atomic mass is 19.1. The predicted molar refractivity (Wildman–Crippen MR) is 128 cm³/mol. The van der Waals surface area contributed by atoms with Gasteiger partial charge in [0.2, 0.25) is 5.91 Å². The van der Waals surface area contributed by atoms with Gasteiger partial charge < -0.3 is 27.0 Å². The summed E-state index contributed by atoms with van der Waals surface area (Å²) >= 11 is 0. The van der Waals surface area contributed by atoms with Crippen LogP contribution in [0.5, 0.6) is 0 Å². The molecule has 5 unspecified atom stereocenters. The van der Waals surface area contributed by atoms with E-state index in [2.05, 4.69) is 37.6 Å². The Kier molecular flexibility index (Phi) is 8.94. The number of halogens is 1. The molecule has 4 rings (SSSR count). The number of nitrogens with zero attached hydrogens (tertiary/aromatic N) is 3. The van der Waals surface area contributed by atoms with Crippen LogP contribution in [0.4, 0.5) is 4.39 Å². The standard InChI is InChI=1S/C23H45FN8O/c1-2-30-9-11-31(12-10-30)19-7-8-27-14-18(19)29-23(33)20(21(25)26)22-28-13-16(24)15-32(22)17-5-3-4-6-17/h16-22,27-28H,2-15,25-26H2,1H3,(H,29,33). The zero-order valence-corrected chi connectivity index (χ0v) is 20.2. The fourth-order valence-corrected chi connectivity index (χ4v) is 6.37. The molecule has 1 aliphatic carbocycles. The van der Waals surface area contributed by atoms with E-state index in [4.69, 9.17) is 11.5 Å². The molecule has 4 fully saturated rings. The molecule has 0 bridgehead atoms. The summed E-state index contributed by atoms with van der Waals surface area (Å²) < 4.78 is 14.3. The van der Waals surface area contributed by atoms with Crippen molar-refractivity contribution in [1.29, 1.82) is 0 Å². The molecule has 0 spiro atoms. The van der Waals surface area contributed by atoms with Gasteiger partial charge in [-0.05, 0) is 32.4 Å². The van der Waals surface area contributed by atoms with Crippen molar-refractivity contribution in [1.82, 2.24) is 30.7 Å². The molecule has 0 radical (unpaired) electrons. The smallest absolute Gasteiger partial charge is 0.229 e. The summed E-state index contributed by atoms with van der Waals surface area (Å²) in [7, 11) is 0. The minimum absolute atomic E-state index is 0.0121. The van der Waals surface area contributed by atoms with Gasteiger partial charge in [0.15, 0.2) is 0 Å². The molecule has 3 aliphatic heterocycles. The summed E-state index contributed by atoms with van der Waals surface area (Å²) in [5.41, 5.74) is 12.4. The quantitative estimate of drug-likeness (QED) is 0.298. The Morgan fingerprint density at radius 3 is 2.52 bits per heavy atom. The second kappa shape index (κ2) is 11.7. The van der Waals surface area contributed by atoms with Crippen LogP contribution in [0.3, 0.4) is 0 Å². The van der Waals surface area contributed by atoms with E-state index in [0.29, 0.717) is 12.6 Å². The Balaban J connectivity index is 1.44. The third kappa shape index (κ3) is 6.04. The summed E-state index contributed by atoms with van der Waals surface area (Å²) in [6.45, 7) is 9.78. The molecule has 3 heterocycles. The van der Waals surface area contributed by atoms with Crippen molar-refractivity contribution >= 4 is 5.91 Å². The van der Waals surface area contributed by atoms with Gasteiger partial charge in [-0.15, -0.1) is 0 Å². The summed E-state index contributed by atoms with van der Waals surface area (Å²) in [5.74, 6) is -0.744. The summed E-state index contributed by atoms with van der Waals surface area (Å²) in [4.78, 5) is 20.8. The van der Waals surface area contributed by atoms with Gasteiger partial charge in [0.05, 0.1) is 24.3 Å². The van der Waals surface area contributed by atoms with Crippen LogP contribution in [0.2, 0.25) is 0 Å². The minimum Gasteiger partial charge on any atom is -0.350 e. The molecule has 4 aliphatic rings. The van der Waals surface area contributed by atoms with E-state index in [-0.39, 0.29) is 30.7 Å². The Morgan fingerprint density at radius 2 is 1.85 bits per heavy atom. The fraction of sp³-hybridized carbons (Fsp3) is 0.957. The summed E-state index contributed by atoms with van der Waals surface area (Å²) in [6.07, 6.45) is 3.31. The monoisotopic (exact) mass is 468 g/mol. The lowest BCUT2D eigenvalue weighted by molar-refractivity contribution is -0.132. The topological polar surface area (TPSA) is 115 Å². The Hall–Kier alpha value is -0.880. The molecular weight excluding hydrogens is 423 g/mol. The number of nitrogens with one attached hydrogen (secondary N) is 3. The van der Waals surface area contributed by atoms with E-state index < -0.39 is 18.3 Å². The molecule has 5 atom stereocenters. The average Bonchev–Trinajstić information content (AvgIpc) is 3.35. The Morgan fingerprint density at radius 1 is 1.12 bits per heavy atom. The van der Waals surface area contributed by atoms with Gasteiger partial charge in [-0.2, -0.15) is 0 Å². The van der Waals surface area contributed by atoms with Crippen LogP contribution in [0.15, 0.2) is 0 Å². The molecule has 0 aromatic rings. The molecule has 3 saturated heterocycles. The highest BCUT2D eigenvalue weighted by Crippen LogP contribution is 2.29. The molecule has 33 heavy (non-hydrogen) atoms. The van der Waals surface area contributed by atoms with Crippen molar-refractivity contribution < 1.29 is 9.18 Å². The van der Waals surface area contributed by atoms with Crippen molar-refractivity contribution in [2.75, 3.05) is 58.9 Å². The van der Waals surface area contributed by atoms with Crippen LogP contribution in [0.1, 0.15) is 39.0 Å². The Labute approximate surface area is 198 Å². The highest BCUT2D eigenvalue weighted by Gasteiger charge is 2.44. The molecule has 1 amide bonds. The van der Waals surface area contributed by atoms with Crippen LogP contribution in [0.25, 0.3) is 0 Å². The van der Waals surface area contributed by atoms with Crippen LogP contribution >= 0.6 is 0 Å². The van der Waals surface area contributed by atoms with Crippen LogP contribution in [-0.2, 0) is 4.79 Å². The van der Waals surface area contributed by atoms with Crippen molar-refractivity contribution in [3.63, 3.8) is 0 Å². The Bertz CT molecular complexity index is 626. The van der Waals surface area contributed by atoms with E-state index in [0.717, 1.165) is 77.9 Å². The van der Waals surface area contributed by atoms with Gasteiger partial charge in [-0.3, -0.25) is 19.9 Å². The zero-order valence-electron chi connectivity index (χ0n) is 20.2. The molecule has 10 heteroatoms. The van der Waals surface area contributed by atoms with Crippen molar-refractivity contribution in [3.8, 4) is 0 Å². The molecule has 7 N–H and O–H groups in total. The van der Waals surface area contributed by atoms with Gasteiger partial charge >= 0.3 is 0 Å². The minimum atomic E-state index is -0.937. The van der Waals surface area contributed by atoms with E-state index in [9.17, 15) is 9.18 Å². The second-order valence-corrected chi connectivity index (χ2v) is 10.3. The van der Waals surface area contributed by atoms with Gasteiger partial charge in [0.1, 0.15) is 6.17 Å². The number of alkyl halides is 1. The van der Waals surface area contributed by atoms with Crippen LogP contribution in [0, 0.1) is 5.92 Å². The van der Waals surface area contributed by atoms with Crippen molar-refractivity contribution in [2.45, 2.75) is 75.7 Å². The molecule has 0 aromatic carbocycles. The van der Waals surface area contributed by atoms with Gasteiger partial charge in [0, 0.05) is 57.9 Å². The van der Waals surface area contributed by atoms with Crippen LogP contribution in [-0.4, -0.2) is 116 Å². The summed E-state index contributed by atoms with van der Waals surface area (Å²) in [6, 6.07) is 0.608. The van der Waals surface area contributed by atoms with Crippen molar-refractivity contribution in [3.05, 3.63) is 0 Å². The number of likely N-dealkylation sites (N-methyl/N-ethyl adjacent to an activating group) is 1. The largest absolute Gasteiger partial charge is 0.350 e. The third-order valence-corrected chi connectivity index (χ3v) is 8.26. The number of carbonyl (C=O) groups excluding carboxylic acids is 1. The molecule has 1 saturated carbocycles. The lowest BCUT2D eigenvalue weighted by Crippen LogP contribution is -2.69. The van der Waals surface area contributed by atoms with Crippen molar-refractivity contribution in [2.24, 2.45) is 17.4 Å². The fourth-order valence-electron chi connectivity index (χ4n) is 6.37. The average molecular weight is 469 g/mol. The highest BCUT2D eigenvalue weighted by molar-refractivity contribution is 5.80. The number of hydrogen-bond donors (Lipinski definition) is 5. The lowest BCUT2D eigenvalue weighted by atomic mass is 9.93. The first-order valence-electron chi connectivity index (χ1n) is 13.1. The van der Waals surface area contributed by atoms with Crippen LogP contribution < -0.4 is 27.4 Å². The molecular formula is C23H45FN8O. The maximum absolute atomic E-state index is 14.3. The maximum atomic E-state index is 14.3. The van der Waals surface area contributed by atoms with E-state index in [1.165, 1.54) is 0 Å². The number of nitrogens with two attached hydrogens (primary N) is 2. The third-order valence-electron chi connectivity index (χ3n) is 8.26. The van der Waals surface area contributed by atoms with E-state index >= 15 is 0 Å². The SMILES string of the molecule is CCN1CCN(C2CCNCC2NC(=O)C(C(N)N)C2NCC(F)CN2C2CCCC2)CC1. The first-order valence-corrected chi connectivity index (χ1v) is 13.1. The molecule has 9 nitrogen and oxygen atoms in total.